The van der Waals surface area contributed by atoms with Crippen molar-refractivity contribution in [3.63, 3.8) is 0 Å². The minimum absolute atomic E-state index is 0.210. The molecule has 0 radical (unpaired) electrons. The van der Waals surface area contributed by atoms with E-state index in [2.05, 4.69) is 15.3 Å². The largest absolute Gasteiger partial charge is 0.478 e. The zero-order valence-corrected chi connectivity index (χ0v) is 16.2. The molecule has 3 aromatic rings. The molecule has 3 rings (SSSR count). The van der Waals surface area contributed by atoms with E-state index in [4.69, 9.17) is 9.47 Å². The van der Waals surface area contributed by atoms with Crippen LogP contribution in [0.2, 0.25) is 0 Å². The molecule has 0 fully saturated rings. The molecule has 1 atom stereocenters. The number of nitrogens with zero attached hydrogens (tertiary/aromatic N) is 3. The number of fused-ring (bicyclic) bond motifs is 1. The number of carbonyl (C=O) groups excluding carboxylic acids is 1. The lowest BCUT2D eigenvalue weighted by atomic mass is 10.0. The van der Waals surface area contributed by atoms with E-state index in [1.165, 1.54) is 0 Å². The molecule has 0 aliphatic carbocycles. The highest BCUT2D eigenvalue weighted by Crippen LogP contribution is 2.25. The summed E-state index contributed by atoms with van der Waals surface area (Å²) in [6.45, 7) is 7.42. The Kier molecular flexibility index (Phi) is 5.03. The number of alkyl carbamates (subject to hydrolysis) is 1. The predicted molar refractivity (Wildman–Crippen MR) is 103 cm³/mol. The van der Waals surface area contributed by atoms with Gasteiger partial charge in [0, 0.05) is 24.2 Å². The van der Waals surface area contributed by atoms with Crippen LogP contribution in [0.5, 0.6) is 5.88 Å². The molecule has 27 heavy (non-hydrogen) atoms. The lowest BCUT2D eigenvalue weighted by molar-refractivity contribution is 0.0508. The van der Waals surface area contributed by atoms with Crippen LogP contribution in [0.15, 0.2) is 42.9 Å². The van der Waals surface area contributed by atoms with Crippen molar-refractivity contribution in [2.24, 2.45) is 0 Å². The Morgan fingerprint density at radius 2 is 2.07 bits per heavy atom. The molecule has 0 bridgehead atoms. The molecule has 0 saturated carbocycles. The average molecular weight is 368 g/mol. The summed E-state index contributed by atoms with van der Waals surface area (Å²) in [6.07, 6.45) is 5.00. The van der Waals surface area contributed by atoms with Gasteiger partial charge in [0.25, 0.3) is 5.88 Å². The second kappa shape index (κ2) is 7.26. The monoisotopic (exact) mass is 368 g/mol. The topological polar surface area (TPSA) is 77.8 Å². The Hall–Kier alpha value is -3.09. The summed E-state index contributed by atoms with van der Waals surface area (Å²) in [6, 6.07) is 7.64. The third-order valence-electron chi connectivity index (χ3n) is 3.95. The number of hydrogen-bond donors (Lipinski definition) is 1. The van der Waals surface area contributed by atoms with Gasteiger partial charge < -0.3 is 19.2 Å². The fourth-order valence-electron chi connectivity index (χ4n) is 2.71. The van der Waals surface area contributed by atoms with Crippen LogP contribution >= 0.6 is 0 Å². The molecule has 1 N–H and O–H groups in total. The zero-order chi connectivity index (χ0) is 19.6. The van der Waals surface area contributed by atoms with Crippen LogP contribution in [0.1, 0.15) is 39.3 Å². The van der Waals surface area contributed by atoms with Gasteiger partial charge >= 0.3 is 6.09 Å². The molecule has 7 nitrogen and oxygen atoms in total. The van der Waals surface area contributed by atoms with Gasteiger partial charge in [0.05, 0.1) is 18.8 Å². The summed E-state index contributed by atoms with van der Waals surface area (Å²) in [7, 11) is 1.57. The first-order valence-corrected chi connectivity index (χ1v) is 8.74. The molecule has 142 valence electrons. The van der Waals surface area contributed by atoms with E-state index >= 15 is 0 Å². The maximum Gasteiger partial charge on any atom is 0.408 e. The number of carbonyl (C=O) groups is 1. The first kappa shape index (κ1) is 18.7. The van der Waals surface area contributed by atoms with E-state index in [0.29, 0.717) is 11.5 Å². The molecule has 0 spiro atoms. The predicted octanol–water partition coefficient (Wildman–Crippen LogP) is 3.99. The molecule has 0 aliphatic rings. The van der Waals surface area contributed by atoms with Crippen LogP contribution in [0, 0.1) is 0 Å². The van der Waals surface area contributed by atoms with Gasteiger partial charge in [-0.3, -0.25) is 0 Å². The van der Waals surface area contributed by atoms with E-state index in [9.17, 15) is 4.79 Å². The number of rotatable bonds is 4. The van der Waals surface area contributed by atoms with Crippen LogP contribution in [0.3, 0.4) is 0 Å². The van der Waals surface area contributed by atoms with Crippen LogP contribution < -0.4 is 10.1 Å². The normalized spacial score (nSPS) is 12.6. The van der Waals surface area contributed by atoms with Gasteiger partial charge in [-0.25, -0.2) is 14.8 Å². The minimum atomic E-state index is -0.535. The summed E-state index contributed by atoms with van der Waals surface area (Å²) in [4.78, 5) is 20.8. The highest BCUT2D eigenvalue weighted by atomic mass is 16.6. The SMILES string of the molecule is COc1nc(-c2cccc([C@@H](C)NC(=O)OC(C)(C)C)c2)cn2ccnc12. The summed E-state index contributed by atoms with van der Waals surface area (Å²) in [5, 5.41) is 2.86. The molecule has 2 aromatic heterocycles. The van der Waals surface area contributed by atoms with Crippen molar-refractivity contribution in [2.75, 3.05) is 7.11 Å². The quantitative estimate of drug-likeness (QED) is 0.753. The Morgan fingerprint density at radius 1 is 1.30 bits per heavy atom. The second-order valence-electron chi connectivity index (χ2n) is 7.29. The Labute approximate surface area is 158 Å². The van der Waals surface area contributed by atoms with Crippen molar-refractivity contribution in [3.8, 4) is 17.1 Å². The van der Waals surface area contributed by atoms with E-state index in [1.807, 2.05) is 68.8 Å². The van der Waals surface area contributed by atoms with Crippen LogP contribution in [-0.4, -0.2) is 33.2 Å². The molecule has 1 amide bonds. The van der Waals surface area contributed by atoms with Gasteiger partial charge in [0.2, 0.25) is 0 Å². The molecule has 0 saturated heterocycles. The molecule has 0 unspecified atom stereocenters. The van der Waals surface area contributed by atoms with Gasteiger partial charge in [-0.05, 0) is 39.3 Å². The maximum absolute atomic E-state index is 12.0. The Morgan fingerprint density at radius 3 is 2.78 bits per heavy atom. The highest BCUT2D eigenvalue weighted by Gasteiger charge is 2.18. The van der Waals surface area contributed by atoms with Gasteiger partial charge in [-0.15, -0.1) is 0 Å². The van der Waals surface area contributed by atoms with Gasteiger partial charge in [0.15, 0.2) is 5.65 Å². The van der Waals surface area contributed by atoms with Crippen LogP contribution in [0.4, 0.5) is 4.79 Å². The number of imidazole rings is 1. The number of amides is 1. The lowest BCUT2D eigenvalue weighted by Gasteiger charge is -2.22. The molecule has 1 aromatic carbocycles. The molecular weight excluding hydrogens is 344 g/mol. The number of aromatic nitrogens is 3. The van der Waals surface area contributed by atoms with E-state index in [0.717, 1.165) is 16.8 Å². The second-order valence-corrected chi connectivity index (χ2v) is 7.29. The first-order chi connectivity index (χ1) is 12.8. The fraction of sp³-hybridized carbons (Fsp3) is 0.350. The van der Waals surface area contributed by atoms with Gasteiger partial charge in [-0.2, -0.15) is 0 Å². The third-order valence-corrected chi connectivity index (χ3v) is 3.95. The van der Waals surface area contributed by atoms with Crippen molar-refractivity contribution in [2.45, 2.75) is 39.3 Å². The highest BCUT2D eigenvalue weighted by molar-refractivity contribution is 5.69. The van der Waals surface area contributed by atoms with Gasteiger partial charge in [0.1, 0.15) is 5.60 Å². The van der Waals surface area contributed by atoms with Crippen molar-refractivity contribution in [1.29, 1.82) is 0 Å². The standard InChI is InChI=1S/C20H24N4O3/c1-13(22-19(25)27-20(2,3)4)14-7-6-8-15(11-14)16-12-24-10-9-21-17(24)18(23-16)26-5/h6-13H,1-5H3,(H,22,25)/t13-/m1/s1. The Balaban J connectivity index is 1.86. The number of ether oxygens (including phenoxy) is 2. The molecule has 0 aliphatic heterocycles. The number of hydrogen-bond acceptors (Lipinski definition) is 5. The number of methoxy groups -OCH3 is 1. The molecular formula is C20H24N4O3. The molecule has 2 heterocycles. The lowest BCUT2D eigenvalue weighted by Crippen LogP contribution is -2.34. The van der Waals surface area contributed by atoms with E-state index in [-0.39, 0.29) is 6.04 Å². The van der Waals surface area contributed by atoms with Crippen molar-refractivity contribution in [1.82, 2.24) is 19.7 Å². The van der Waals surface area contributed by atoms with Crippen molar-refractivity contribution < 1.29 is 14.3 Å². The first-order valence-electron chi connectivity index (χ1n) is 8.74. The van der Waals surface area contributed by atoms with Crippen molar-refractivity contribution >= 4 is 11.7 Å². The summed E-state index contributed by atoms with van der Waals surface area (Å²) in [5.41, 5.74) is 2.75. The summed E-state index contributed by atoms with van der Waals surface area (Å²) in [5.74, 6) is 0.461. The zero-order valence-electron chi connectivity index (χ0n) is 16.2. The fourth-order valence-corrected chi connectivity index (χ4v) is 2.71. The van der Waals surface area contributed by atoms with E-state index in [1.54, 1.807) is 13.3 Å². The van der Waals surface area contributed by atoms with Gasteiger partial charge in [-0.1, -0.05) is 18.2 Å². The maximum atomic E-state index is 12.0. The summed E-state index contributed by atoms with van der Waals surface area (Å²) < 4.78 is 12.6. The smallest absolute Gasteiger partial charge is 0.408 e. The minimum Gasteiger partial charge on any atom is -0.478 e. The van der Waals surface area contributed by atoms with Crippen LogP contribution in [0.25, 0.3) is 16.9 Å². The average Bonchev–Trinajstić information content (AvgIpc) is 3.07. The number of benzene rings is 1. The number of nitrogens with one attached hydrogen (secondary N) is 1. The summed E-state index contributed by atoms with van der Waals surface area (Å²) >= 11 is 0. The van der Waals surface area contributed by atoms with E-state index < -0.39 is 11.7 Å². The van der Waals surface area contributed by atoms with Crippen molar-refractivity contribution in [3.05, 3.63) is 48.4 Å². The Bertz CT molecular complexity index is 959. The third kappa shape index (κ3) is 4.36. The van der Waals surface area contributed by atoms with Crippen LogP contribution in [-0.2, 0) is 4.74 Å². The molecule has 7 heteroatoms.